The zero-order valence-electron chi connectivity index (χ0n) is 17.1. The molecule has 0 radical (unpaired) electrons. The molecular weight excluding hydrogens is 370 g/mol. The third kappa shape index (κ3) is 4.71. The van der Waals surface area contributed by atoms with Crippen molar-refractivity contribution < 1.29 is 9.57 Å². The Bertz CT molecular complexity index is 1070. The van der Waals surface area contributed by atoms with Crippen molar-refractivity contribution in [3.05, 3.63) is 69.6 Å². The highest BCUT2D eigenvalue weighted by molar-refractivity contribution is 5.98. The Kier molecular flexibility index (Phi) is 6.43. The fraction of sp³-hybridized carbons (Fsp3) is 0.333. The second-order valence-electron chi connectivity index (χ2n) is 6.70. The number of hydrogen-bond acceptors (Lipinski definition) is 6. The van der Waals surface area contributed by atoms with E-state index in [1.54, 1.807) is 7.05 Å². The smallest absolute Gasteiger partial charge is 0.368 e. The molecule has 152 valence electrons. The Morgan fingerprint density at radius 1 is 1.17 bits per heavy atom. The van der Waals surface area contributed by atoms with Crippen LogP contribution in [0.3, 0.4) is 0 Å². The maximum Gasteiger partial charge on any atom is 0.368 e. The van der Waals surface area contributed by atoms with Crippen molar-refractivity contribution in [1.29, 1.82) is 0 Å². The summed E-state index contributed by atoms with van der Waals surface area (Å²) in [6.07, 6.45) is 0.910. The van der Waals surface area contributed by atoms with Crippen LogP contribution in [-0.2, 0) is 18.5 Å². The van der Waals surface area contributed by atoms with Gasteiger partial charge in [0, 0.05) is 18.2 Å². The van der Waals surface area contributed by atoms with Crippen molar-refractivity contribution in [3.63, 3.8) is 0 Å². The Morgan fingerprint density at radius 2 is 1.97 bits per heavy atom. The molecule has 0 saturated heterocycles. The normalized spacial score (nSPS) is 11.5. The van der Waals surface area contributed by atoms with Gasteiger partial charge in [-0.05, 0) is 54.5 Å². The fourth-order valence-corrected chi connectivity index (χ4v) is 2.79. The van der Waals surface area contributed by atoms with Crippen molar-refractivity contribution in [3.8, 4) is 11.4 Å². The lowest BCUT2D eigenvalue weighted by Crippen LogP contribution is -2.23. The first kappa shape index (κ1) is 20.3. The average Bonchev–Trinajstić information content (AvgIpc) is 3.05. The summed E-state index contributed by atoms with van der Waals surface area (Å²) in [7, 11) is 1.57. The number of ether oxygens (including phenoxy) is 1. The minimum Gasteiger partial charge on any atom is -0.489 e. The van der Waals surface area contributed by atoms with Crippen LogP contribution >= 0.6 is 0 Å². The molecule has 0 aliphatic carbocycles. The molecule has 0 unspecified atom stereocenters. The van der Waals surface area contributed by atoms with Gasteiger partial charge >= 0.3 is 5.69 Å². The van der Waals surface area contributed by atoms with E-state index in [-0.39, 0.29) is 12.3 Å². The molecule has 3 rings (SSSR count). The van der Waals surface area contributed by atoms with Gasteiger partial charge in [-0.1, -0.05) is 36.3 Å². The lowest BCUT2D eigenvalue weighted by molar-refractivity contribution is 0.145. The second-order valence-corrected chi connectivity index (χ2v) is 6.70. The summed E-state index contributed by atoms with van der Waals surface area (Å²) in [6, 6.07) is 13.4. The molecule has 0 aliphatic heterocycles. The third-order valence-electron chi connectivity index (χ3n) is 4.47. The molecule has 0 atom stereocenters. The fourth-order valence-electron chi connectivity index (χ4n) is 2.79. The summed E-state index contributed by atoms with van der Waals surface area (Å²) >= 11 is 0. The molecule has 3 aromatic rings. The number of aromatic nitrogens is 4. The van der Waals surface area contributed by atoms with Gasteiger partial charge in [0.15, 0.2) is 0 Å². The number of benzene rings is 2. The van der Waals surface area contributed by atoms with Gasteiger partial charge in [-0.25, -0.2) is 4.79 Å². The van der Waals surface area contributed by atoms with E-state index in [1.807, 2.05) is 63.2 Å². The standard InChI is InChI=1S/C21H25N5O3/c1-5-12-29-22-16(3)17-9-7-10-18(13-17)28-14-19-15(2)8-6-11-20(19)26-21(27)25(4)23-24-26/h6-11,13H,5,12,14H2,1-4H3. The lowest BCUT2D eigenvalue weighted by Gasteiger charge is -2.13. The first-order chi connectivity index (χ1) is 14.0. The van der Waals surface area contributed by atoms with Gasteiger partial charge in [0.2, 0.25) is 0 Å². The van der Waals surface area contributed by atoms with E-state index < -0.39 is 0 Å². The number of nitrogens with zero attached hydrogens (tertiary/aromatic N) is 5. The van der Waals surface area contributed by atoms with Crippen molar-refractivity contribution >= 4 is 5.71 Å². The van der Waals surface area contributed by atoms with E-state index in [0.717, 1.165) is 28.8 Å². The Morgan fingerprint density at radius 3 is 2.69 bits per heavy atom. The van der Waals surface area contributed by atoms with Crippen LogP contribution in [0.15, 0.2) is 52.4 Å². The molecule has 0 N–H and O–H groups in total. The molecule has 0 aliphatic rings. The highest BCUT2D eigenvalue weighted by atomic mass is 16.6. The summed E-state index contributed by atoms with van der Waals surface area (Å²) in [6.45, 7) is 6.78. The summed E-state index contributed by atoms with van der Waals surface area (Å²) < 4.78 is 8.51. The van der Waals surface area contributed by atoms with E-state index in [9.17, 15) is 4.79 Å². The maximum atomic E-state index is 12.3. The van der Waals surface area contributed by atoms with Crippen LogP contribution in [0.5, 0.6) is 5.75 Å². The van der Waals surface area contributed by atoms with E-state index in [4.69, 9.17) is 9.57 Å². The van der Waals surface area contributed by atoms with Crippen LogP contribution in [0.25, 0.3) is 5.69 Å². The van der Waals surface area contributed by atoms with Crippen molar-refractivity contribution in [2.75, 3.05) is 6.61 Å². The Labute approximate surface area is 169 Å². The predicted octanol–water partition coefficient (Wildman–Crippen LogP) is 3.00. The molecule has 1 heterocycles. The van der Waals surface area contributed by atoms with Crippen LogP contribution in [-0.4, -0.2) is 32.1 Å². The zero-order chi connectivity index (χ0) is 20.8. The van der Waals surface area contributed by atoms with Crippen LogP contribution < -0.4 is 10.4 Å². The topological polar surface area (TPSA) is 83.5 Å². The van der Waals surface area contributed by atoms with Crippen LogP contribution in [0.2, 0.25) is 0 Å². The van der Waals surface area contributed by atoms with Gasteiger partial charge in [0.1, 0.15) is 19.0 Å². The summed E-state index contributed by atoms with van der Waals surface area (Å²) in [4.78, 5) is 17.5. The molecule has 2 aromatic carbocycles. The molecule has 0 bridgehead atoms. The molecule has 0 saturated carbocycles. The molecule has 29 heavy (non-hydrogen) atoms. The van der Waals surface area contributed by atoms with E-state index in [1.165, 1.54) is 9.36 Å². The molecule has 1 aromatic heterocycles. The van der Waals surface area contributed by atoms with Crippen molar-refractivity contribution in [2.45, 2.75) is 33.8 Å². The number of tetrazole rings is 1. The van der Waals surface area contributed by atoms with Gasteiger partial charge in [-0.3, -0.25) is 0 Å². The molecule has 8 heteroatoms. The lowest BCUT2D eigenvalue weighted by atomic mass is 10.1. The first-order valence-corrected chi connectivity index (χ1v) is 9.49. The Balaban J connectivity index is 1.82. The minimum absolute atomic E-state index is 0.289. The number of rotatable bonds is 8. The second kappa shape index (κ2) is 9.18. The quantitative estimate of drug-likeness (QED) is 0.333. The van der Waals surface area contributed by atoms with Crippen LogP contribution in [0, 0.1) is 6.92 Å². The van der Waals surface area contributed by atoms with E-state index >= 15 is 0 Å². The van der Waals surface area contributed by atoms with Gasteiger partial charge < -0.3 is 9.57 Å². The monoisotopic (exact) mass is 395 g/mol. The number of oxime groups is 1. The van der Waals surface area contributed by atoms with Gasteiger partial charge in [-0.15, -0.1) is 0 Å². The summed E-state index contributed by atoms with van der Waals surface area (Å²) in [5.74, 6) is 0.702. The molecular formula is C21H25N5O3. The van der Waals surface area contributed by atoms with Crippen molar-refractivity contribution in [2.24, 2.45) is 12.2 Å². The first-order valence-electron chi connectivity index (χ1n) is 9.49. The Hall–Kier alpha value is -3.42. The molecule has 0 fully saturated rings. The predicted molar refractivity (Wildman–Crippen MR) is 111 cm³/mol. The van der Waals surface area contributed by atoms with Crippen LogP contribution in [0.4, 0.5) is 0 Å². The largest absolute Gasteiger partial charge is 0.489 e. The number of aryl methyl sites for hydroxylation is 2. The van der Waals surface area contributed by atoms with E-state index in [0.29, 0.717) is 18.0 Å². The molecule has 8 nitrogen and oxygen atoms in total. The van der Waals surface area contributed by atoms with Gasteiger partial charge in [0.25, 0.3) is 0 Å². The highest BCUT2D eigenvalue weighted by Crippen LogP contribution is 2.21. The zero-order valence-corrected chi connectivity index (χ0v) is 17.1. The maximum absolute atomic E-state index is 12.3. The molecule has 0 amide bonds. The SMILES string of the molecule is CCCON=C(C)c1cccc(OCc2c(C)cccc2-n2nnn(C)c2=O)c1. The van der Waals surface area contributed by atoms with E-state index in [2.05, 4.69) is 15.6 Å². The minimum atomic E-state index is -0.308. The van der Waals surface area contributed by atoms with Gasteiger partial charge in [-0.2, -0.15) is 9.36 Å². The number of hydrogen-bond donors (Lipinski definition) is 0. The average molecular weight is 395 g/mol. The summed E-state index contributed by atoms with van der Waals surface area (Å²) in [5.41, 5.74) is 3.93. The highest BCUT2D eigenvalue weighted by Gasteiger charge is 2.13. The summed E-state index contributed by atoms with van der Waals surface area (Å²) in [5, 5.41) is 11.9. The van der Waals surface area contributed by atoms with Gasteiger partial charge in [0.05, 0.1) is 11.4 Å². The molecule has 0 spiro atoms. The van der Waals surface area contributed by atoms with Crippen molar-refractivity contribution in [1.82, 2.24) is 19.8 Å². The van der Waals surface area contributed by atoms with Crippen LogP contribution in [0.1, 0.15) is 37.0 Å². The third-order valence-corrected chi connectivity index (χ3v) is 4.47.